The number of carbonyl (C=O) groups is 1. The maximum atomic E-state index is 12.0. The van der Waals surface area contributed by atoms with Crippen molar-refractivity contribution in [3.05, 3.63) is 54.1 Å². The number of amides is 1. The van der Waals surface area contributed by atoms with Gasteiger partial charge in [-0.15, -0.1) is 10.2 Å². The first-order chi connectivity index (χ1) is 12.6. The quantitative estimate of drug-likeness (QED) is 0.587. The second kappa shape index (κ2) is 6.43. The van der Waals surface area contributed by atoms with Crippen molar-refractivity contribution < 1.29 is 13.7 Å². The Morgan fingerprint density at radius 2 is 2.15 bits per heavy atom. The molecule has 0 aliphatic carbocycles. The molecule has 9 nitrogen and oxygen atoms in total. The first-order valence-corrected chi connectivity index (χ1v) is 8.12. The summed E-state index contributed by atoms with van der Waals surface area (Å²) in [6, 6.07) is 6.93. The summed E-state index contributed by atoms with van der Waals surface area (Å²) < 4.78 is 12.2. The number of fused-ring (bicyclic) bond motifs is 1. The predicted molar refractivity (Wildman–Crippen MR) is 90.2 cm³/mol. The molecule has 0 aliphatic heterocycles. The molecule has 0 bridgehead atoms. The lowest BCUT2D eigenvalue weighted by molar-refractivity contribution is 0.0922. The number of pyridine rings is 1. The SMILES string of the molecule is CC(C)c1noc(-c2cccn3c(CNC(=O)c4ccco4)nnc23)n1. The number of rotatable bonds is 5. The maximum Gasteiger partial charge on any atom is 0.287 e. The Bertz CT molecular complexity index is 1050. The van der Waals surface area contributed by atoms with Gasteiger partial charge in [0.25, 0.3) is 11.8 Å². The van der Waals surface area contributed by atoms with Crippen molar-refractivity contribution in [2.75, 3.05) is 0 Å². The zero-order valence-corrected chi connectivity index (χ0v) is 14.2. The highest BCUT2D eigenvalue weighted by atomic mass is 16.5. The van der Waals surface area contributed by atoms with Gasteiger partial charge in [-0.25, -0.2) is 0 Å². The highest BCUT2D eigenvalue weighted by molar-refractivity contribution is 5.91. The predicted octanol–water partition coefficient (Wildman–Crippen LogP) is 2.43. The van der Waals surface area contributed by atoms with Gasteiger partial charge in [-0.2, -0.15) is 4.98 Å². The molecule has 4 rings (SSSR count). The average Bonchev–Trinajstić information content (AvgIpc) is 3.39. The molecule has 0 spiro atoms. The van der Waals surface area contributed by atoms with Crippen LogP contribution in [0.25, 0.3) is 17.1 Å². The molecule has 0 aliphatic rings. The largest absolute Gasteiger partial charge is 0.459 e. The molecule has 26 heavy (non-hydrogen) atoms. The van der Waals surface area contributed by atoms with E-state index in [4.69, 9.17) is 8.94 Å². The van der Waals surface area contributed by atoms with Crippen LogP contribution >= 0.6 is 0 Å². The average molecular weight is 352 g/mol. The second-order valence-corrected chi connectivity index (χ2v) is 6.00. The maximum absolute atomic E-state index is 12.0. The Labute approximate surface area is 148 Å². The van der Waals surface area contributed by atoms with Crippen molar-refractivity contribution in [2.45, 2.75) is 26.3 Å². The van der Waals surface area contributed by atoms with Crippen LogP contribution in [0.4, 0.5) is 0 Å². The Morgan fingerprint density at radius 3 is 2.88 bits per heavy atom. The van der Waals surface area contributed by atoms with Gasteiger partial charge in [0.1, 0.15) is 0 Å². The van der Waals surface area contributed by atoms with Crippen LogP contribution in [0.3, 0.4) is 0 Å². The van der Waals surface area contributed by atoms with E-state index in [1.165, 1.54) is 6.26 Å². The summed E-state index contributed by atoms with van der Waals surface area (Å²) in [7, 11) is 0. The van der Waals surface area contributed by atoms with Crippen molar-refractivity contribution in [1.29, 1.82) is 0 Å². The molecule has 4 heterocycles. The third-order valence-corrected chi connectivity index (χ3v) is 3.85. The van der Waals surface area contributed by atoms with Crippen LogP contribution in [0.5, 0.6) is 0 Å². The number of carbonyl (C=O) groups excluding carboxylic acids is 1. The minimum absolute atomic E-state index is 0.164. The van der Waals surface area contributed by atoms with E-state index in [-0.39, 0.29) is 24.1 Å². The van der Waals surface area contributed by atoms with E-state index < -0.39 is 0 Å². The number of hydrogen-bond donors (Lipinski definition) is 1. The molecule has 0 radical (unpaired) electrons. The third kappa shape index (κ3) is 2.83. The molecule has 1 N–H and O–H groups in total. The molecule has 4 aromatic heterocycles. The lowest BCUT2D eigenvalue weighted by Crippen LogP contribution is -2.23. The van der Waals surface area contributed by atoms with E-state index >= 15 is 0 Å². The smallest absolute Gasteiger partial charge is 0.287 e. The Morgan fingerprint density at radius 1 is 1.27 bits per heavy atom. The van der Waals surface area contributed by atoms with Crippen LogP contribution in [-0.2, 0) is 6.54 Å². The van der Waals surface area contributed by atoms with Crippen molar-refractivity contribution in [2.24, 2.45) is 0 Å². The van der Waals surface area contributed by atoms with Crippen LogP contribution in [0.1, 0.15) is 42.0 Å². The molecule has 0 unspecified atom stereocenters. The van der Waals surface area contributed by atoms with E-state index in [0.717, 1.165) is 0 Å². The van der Waals surface area contributed by atoms with Gasteiger partial charge in [0.2, 0.25) is 0 Å². The second-order valence-electron chi connectivity index (χ2n) is 6.00. The Balaban J connectivity index is 1.61. The summed E-state index contributed by atoms with van der Waals surface area (Å²) in [5.41, 5.74) is 1.26. The van der Waals surface area contributed by atoms with Crippen LogP contribution in [0.15, 0.2) is 45.7 Å². The van der Waals surface area contributed by atoms with Crippen LogP contribution in [0.2, 0.25) is 0 Å². The molecule has 0 atom stereocenters. The van der Waals surface area contributed by atoms with Gasteiger partial charge in [-0.05, 0) is 24.3 Å². The highest BCUT2D eigenvalue weighted by Gasteiger charge is 2.17. The zero-order valence-electron chi connectivity index (χ0n) is 14.2. The molecular weight excluding hydrogens is 336 g/mol. The molecule has 132 valence electrons. The van der Waals surface area contributed by atoms with Gasteiger partial charge in [-0.1, -0.05) is 19.0 Å². The van der Waals surface area contributed by atoms with Gasteiger partial charge in [-0.3, -0.25) is 9.20 Å². The molecule has 0 saturated heterocycles. The van der Waals surface area contributed by atoms with Gasteiger partial charge < -0.3 is 14.3 Å². The fourth-order valence-corrected chi connectivity index (χ4v) is 2.48. The molecule has 0 fully saturated rings. The highest BCUT2D eigenvalue weighted by Crippen LogP contribution is 2.23. The number of nitrogens with zero attached hydrogens (tertiary/aromatic N) is 5. The summed E-state index contributed by atoms with van der Waals surface area (Å²) in [5, 5.41) is 15.1. The van der Waals surface area contributed by atoms with Crippen molar-refractivity contribution in [3.8, 4) is 11.5 Å². The summed E-state index contributed by atoms with van der Waals surface area (Å²) >= 11 is 0. The van der Waals surface area contributed by atoms with Crippen molar-refractivity contribution >= 4 is 11.6 Å². The first-order valence-electron chi connectivity index (χ1n) is 8.12. The number of aromatic nitrogens is 5. The van der Waals surface area contributed by atoms with E-state index in [2.05, 4.69) is 25.7 Å². The molecule has 0 saturated carbocycles. The van der Waals surface area contributed by atoms with Gasteiger partial charge in [0, 0.05) is 12.1 Å². The molecule has 0 aromatic carbocycles. The number of furan rings is 1. The summed E-state index contributed by atoms with van der Waals surface area (Å²) in [5.74, 6) is 1.68. The van der Waals surface area contributed by atoms with Crippen LogP contribution in [0, 0.1) is 0 Å². The lowest BCUT2D eigenvalue weighted by atomic mass is 10.2. The topological polar surface area (TPSA) is 111 Å². The number of nitrogens with one attached hydrogen (secondary N) is 1. The Hall–Kier alpha value is -3.49. The van der Waals surface area contributed by atoms with Crippen LogP contribution < -0.4 is 5.32 Å². The fourth-order valence-electron chi connectivity index (χ4n) is 2.48. The van der Waals surface area contributed by atoms with E-state index in [1.807, 2.05) is 32.2 Å². The summed E-state index contributed by atoms with van der Waals surface area (Å²) in [4.78, 5) is 16.4. The molecule has 4 aromatic rings. The van der Waals surface area contributed by atoms with Crippen molar-refractivity contribution in [3.63, 3.8) is 0 Å². The monoisotopic (exact) mass is 352 g/mol. The first kappa shape index (κ1) is 16.0. The standard InChI is InChI=1S/C17H16N6O3/c1-10(2)14-19-17(26-22-14)11-5-3-7-23-13(20-21-15(11)23)9-18-16(24)12-6-4-8-25-12/h3-8,10H,9H2,1-2H3,(H,18,24). The third-order valence-electron chi connectivity index (χ3n) is 3.85. The lowest BCUT2D eigenvalue weighted by Gasteiger charge is -2.03. The van der Waals surface area contributed by atoms with E-state index in [0.29, 0.717) is 28.8 Å². The van der Waals surface area contributed by atoms with Gasteiger partial charge in [0.05, 0.1) is 18.4 Å². The summed E-state index contributed by atoms with van der Waals surface area (Å²) in [6.07, 6.45) is 3.26. The molecular formula is C17H16N6O3. The summed E-state index contributed by atoms with van der Waals surface area (Å²) in [6.45, 7) is 4.18. The molecule has 9 heteroatoms. The normalized spacial score (nSPS) is 11.3. The Kier molecular flexibility index (Phi) is 3.96. The minimum Gasteiger partial charge on any atom is -0.459 e. The number of hydrogen-bond acceptors (Lipinski definition) is 7. The van der Waals surface area contributed by atoms with Gasteiger partial charge >= 0.3 is 0 Å². The van der Waals surface area contributed by atoms with E-state index in [1.54, 1.807) is 16.5 Å². The fraction of sp³-hybridized carbons (Fsp3) is 0.235. The van der Waals surface area contributed by atoms with Crippen LogP contribution in [-0.4, -0.2) is 30.6 Å². The zero-order chi connectivity index (χ0) is 18.1. The van der Waals surface area contributed by atoms with E-state index in [9.17, 15) is 4.79 Å². The minimum atomic E-state index is -0.318. The van der Waals surface area contributed by atoms with Gasteiger partial charge in [0.15, 0.2) is 23.1 Å². The van der Waals surface area contributed by atoms with Crippen molar-refractivity contribution in [1.82, 2.24) is 30.1 Å². The molecule has 1 amide bonds.